The van der Waals surface area contributed by atoms with Crippen molar-refractivity contribution in [2.45, 2.75) is 53.8 Å². The molecule has 0 unspecified atom stereocenters. The van der Waals surface area contributed by atoms with E-state index in [0.717, 1.165) is 45.6 Å². The lowest BCUT2D eigenvalue weighted by atomic mass is 10.1. The summed E-state index contributed by atoms with van der Waals surface area (Å²) < 4.78 is 18.9. The predicted octanol–water partition coefficient (Wildman–Crippen LogP) is 3.53. The maximum atomic E-state index is 13.5. The molecule has 10 heteroatoms. The van der Waals surface area contributed by atoms with Crippen LogP contribution in [-0.4, -0.2) is 66.8 Å². The predicted molar refractivity (Wildman–Crippen MR) is 147 cm³/mol. The molecular weight excluding hydrogens is 487 g/mol. The van der Waals surface area contributed by atoms with Crippen LogP contribution in [0, 0.1) is 19.7 Å². The van der Waals surface area contributed by atoms with Crippen molar-refractivity contribution >= 4 is 29.0 Å². The monoisotopic (exact) mass is 526 g/mol. The molecular formula is C28H39FN6O3. The summed E-state index contributed by atoms with van der Waals surface area (Å²) in [6.45, 7) is 13.7. The van der Waals surface area contributed by atoms with Crippen LogP contribution in [0.25, 0.3) is 11.0 Å². The van der Waals surface area contributed by atoms with Crippen LogP contribution >= 0.6 is 0 Å². The molecule has 2 amide bonds. The molecule has 1 aliphatic heterocycles. The third-order valence-corrected chi connectivity index (χ3v) is 6.58. The summed E-state index contributed by atoms with van der Waals surface area (Å²) >= 11 is 0. The van der Waals surface area contributed by atoms with Gasteiger partial charge >= 0.3 is 0 Å². The summed E-state index contributed by atoms with van der Waals surface area (Å²) in [6.07, 6.45) is 0.710. The summed E-state index contributed by atoms with van der Waals surface area (Å²) in [6, 6.07) is 9.31. The Kier molecular flexibility index (Phi) is 10.2. The molecule has 0 bridgehead atoms. The number of hydrogen-bond donors (Lipinski definition) is 2. The topological polar surface area (TPSA) is 93.9 Å². The zero-order chi connectivity index (χ0) is 27.8. The van der Waals surface area contributed by atoms with Crippen LogP contribution in [-0.2, 0) is 22.7 Å². The van der Waals surface area contributed by atoms with E-state index in [1.807, 2.05) is 36.7 Å². The fourth-order valence-electron chi connectivity index (χ4n) is 4.38. The lowest BCUT2D eigenvalue weighted by Gasteiger charge is -2.31. The van der Waals surface area contributed by atoms with Crippen LogP contribution in [0.2, 0.25) is 0 Å². The molecule has 1 aliphatic rings. The van der Waals surface area contributed by atoms with Crippen molar-refractivity contribution in [2.24, 2.45) is 0 Å². The molecule has 1 aromatic heterocycles. The quantitative estimate of drug-likeness (QED) is 0.308. The number of fused-ring (bicyclic) bond motifs is 2. The van der Waals surface area contributed by atoms with Gasteiger partial charge in [0.05, 0.1) is 12.2 Å². The van der Waals surface area contributed by atoms with Crippen molar-refractivity contribution in [3.8, 4) is 0 Å². The van der Waals surface area contributed by atoms with Crippen LogP contribution in [0.5, 0.6) is 0 Å². The number of hydrazine groups is 1. The Hall–Kier alpha value is -3.50. The summed E-state index contributed by atoms with van der Waals surface area (Å²) in [4.78, 5) is 24.7. The first-order valence-electron chi connectivity index (χ1n) is 12.9. The minimum Gasteiger partial charge on any atom is -0.362 e. The van der Waals surface area contributed by atoms with E-state index in [1.54, 1.807) is 24.2 Å². The highest BCUT2D eigenvalue weighted by atomic mass is 19.1. The van der Waals surface area contributed by atoms with Gasteiger partial charge in [0.1, 0.15) is 5.82 Å². The standard InChI is InChI=1S/C22H25FN4O2.C6H14N2O/c1-5-26(20-10-21-19(8-14(20)2)15(3)24-29-21)13-22(28)25(4)27-11-16-6-7-18(23)9-17(16)12-27;1-6(2)8-4-3-7-5-9/h6-10H,5,11-13H2,1-4H3;5-6,8H,3-4H2,1-2H3,(H,7,9). The first kappa shape index (κ1) is 29.1. The van der Waals surface area contributed by atoms with Gasteiger partial charge < -0.3 is 20.1 Å². The average Bonchev–Trinajstić information content (AvgIpc) is 3.47. The number of aromatic nitrogens is 1. The van der Waals surface area contributed by atoms with Gasteiger partial charge in [-0.05, 0) is 55.7 Å². The van der Waals surface area contributed by atoms with Gasteiger partial charge in [0.15, 0.2) is 5.58 Å². The van der Waals surface area contributed by atoms with Gasteiger partial charge in [-0.2, -0.15) is 0 Å². The van der Waals surface area contributed by atoms with Crippen molar-refractivity contribution in [3.05, 3.63) is 58.5 Å². The van der Waals surface area contributed by atoms with Crippen LogP contribution < -0.4 is 15.5 Å². The maximum absolute atomic E-state index is 13.5. The molecule has 0 aliphatic carbocycles. The minimum absolute atomic E-state index is 0.0200. The minimum atomic E-state index is -0.245. The zero-order valence-corrected chi connectivity index (χ0v) is 23.2. The first-order chi connectivity index (χ1) is 18.1. The number of halogens is 1. The first-order valence-corrected chi connectivity index (χ1v) is 12.9. The van der Waals surface area contributed by atoms with Crippen molar-refractivity contribution in [1.29, 1.82) is 0 Å². The fourth-order valence-corrected chi connectivity index (χ4v) is 4.38. The van der Waals surface area contributed by atoms with Crippen molar-refractivity contribution in [1.82, 2.24) is 25.8 Å². The molecule has 0 saturated heterocycles. The summed E-state index contributed by atoms with van der Waals surface area (Å²) in [5.74, 6) is -0.265. The Bertz CT molecular complexity index is 1240. The highest BCUT2D eigenvalue weighted by Crippen LogP contribution is 2.29. The smallest absolute Gasteiger partial charge is 0.256 e. The van der Waals surface area contributed by atoms with Crippen molar-refractivity contribution in [2.75, 3.05) is 38.1 Å². The van der Waals surface area contributed by atoms with Crippen molar-refractivity contribution < 1.29 is 18.5 Å². The second-order valence-electron chi connectivity index (χ2n) is 9.75. The number of rotatable bonds is 10. The number of benzene rings is 2. The van der Waals surface area contributed by atoms with E-state index in [-0.39, 0.29) is 18.3 Å². The lowest BCUT2D eigenvalue weighted by molar-refractivity contribution is -0.145. The molecule has 0 spiro atoms. The molecule has 0 fully saturated rings. The largest absolute Gasteiger partial charge is 0.362 e. The number of hydrogen-bond acceptors (Lipinski definition) is 7. The zero-order valence-electron chi connectivity index (χ0n) is 23.2. The fraction of sp³-hybridized carbons (Fsp3) is 0.464. The number of nitrogens with zero attached hydrogens (tertiary/aromatic N) is 4. The third-order valence-electron chi connectivity index (χ3n) is 6.58. The van der Waals surface area contributed by atoms with Gasteiger partial charge in [0.2, 0.25) is 6.41 Å². The van der Waals surface area contributed by atoms with Gasteiger partial charge in [0, 0.05) is 63.0 Å². The van der Waals surface area contributed by atoms with Crippen LogP contribution in [0.3, 0.4) is 0 Å². The second kappa shape index (κ2) is 13.3. The Morgan fingerprint density at radius 2 is 1.92 bits per heavy atom. The average molecular weight is 527 g/mol. The molecule has 4 rings (SSSR count). The second-order valence-corrected chi connectivity index (χ2v) is 9.75. The SMILES string of the molecule is CC(C)NCCNC=O.CCN(CC(=O)N(C)N1Cc2ccc(F)cc2C1)c1cc2onc(C)c2cc1C. The van der Waals surface area contributed by atoms with E-state index in [2.05, 4.69) is 35.7 Å². The third kappa shape index (κ3) is 7.29. The van der Waals surface area contributed by atoms with Gasteiger partial charge in [0.25, 0.3) is 5.91 Å². The summed E-state index contributed by atoms with van der Waals surface area (Å²) in [7, 11) is 1.77. The van der Waals surface area contributed by atoms with E-state index in [1.165, 1.54) is 6.07 Å². The Morgan fingerprint density at radius 3 is 2.61 bits per heavy atom. The number of nitrogens with one attached hydrogen (secondary N) is 2. The molecule has 9 nitrogen and oxygen atoms in total. The molecule has 2 aromatic carbocycles. The van der Waals surface area contributed by atoms with Crippen molar-refractivity contribution in [3.63, 3.8) is 0 Å². The van der Waals surface area contributed by atoms with Gasteiger partial charge in [-0.15, -0.1) is 0 Å². The summed E-state index contributed by atoms with van der Waals surface area (Å²) in [5, 5.41) is 14.3. The van der Waals surface area contributed by atoms with E-state index in [9.17, 15) is 14.0 Å². The number of carbonyl (C=O) groups is 2. The van der Waals surface area contributed by atoms with Crippen LogP contribution in [0.4, 0.5) is 10.1 Å². The highest BCUT2D eigenvalue weighted by Gasteiger charge is 2.26. The number of anilines is 1. The van der Waals surface area contributed by atoms with Gasteiger partial charge in [-0.25, -0.2) is 9.40 Å². The molecule has 38 heavy (non-hydrogen) atoms. The number of aryl methyl sites for hydroxylation is 2. The molecule has 206 valence electrons. The highest BCUT2D eigenvalue weighted by molar-refractivity contribution is 5.87. The summed E-state index contributed by atoms with van der Waals surface area (Å²) in [5.41, 5.74) is 5.60. The Morgan fingerprint density at radius 1 is 1.18 bits per heavy atom. The van der Waals surface area contributed by atoms with Gasteiger partial charge in [-0.3, -0.25) is 14.6 Å². The molecule has 2 heterocycles. The molecule has 2 N–H and O–H groups in total. The molecule has 0 radical (unpaired) electrons. The normalized spacial score (nSPS) is 12.7. The maximum Gasteiger partial charge on any atom is 0.256 e. The molecule has 3 aromatic rings. The molecule has 0 atom stereocenters. The number of carbonyl (C=O) groups excluding carboxylic acids is 2. The number of amides is 2. The van der Waals surface area contributed by atoms with Crippen LogP contribution in [0.15, 0.2) is 34.9 Å². The Labute approximate surface area is 223 Å². The van der Waals surface area contributed by atoms with E-state index >= 15 is 0 Å². The lowest BCUT2D eigenvalue weighted by Crippen LogP contribution is -2.45. The van der Waals surface area contributed by atoms with E-state index in [0.29, 0.717) is 38.6 Å². The van der Waals surface area contributed by atoms with E-state index < -0.39 is 0 Å². The van der Waals surface area contributed by atoms with E-state index in [4.69, 9.17) is 4.52 Å². The van der Waals surface area contributed by atoms with Crippen LogP contribution in [0.1, 0.15) is 43.2 Å². The molecule has 0 saturated carbocycles. The van der Waals surface area contributed by atoms with Gasteiger partial charge in [-0.1, -0.05) is 25.1 Å². The Balaban J connectivity index is 0.000000383. The number of likely N-dealkylation sites (N-methyl/N-ethyl adjacent to an activating group) is 2.